The van der Waals surface area contributed by atoms with Crippen LogP contribution >= 0.6 is 0 Å². The summed E-state index contributed by atoms with van der Waals surface area (Å²) in [5.74, 6) is 2.78. The van der Waals surface area contributed by atoms with Crippen LogP contribution in [0.25, 0.3) is 0 Å². The van der Waals surface area contributed by atoms with E-state index < -0.39 is 0 Å². The molecule has 1 unspecified atom stereocenters. The average molecular weight is 369 g/mol. The summed E-state index contributed by atoms with van der Waals surface area (Å²) in [6, 6.07) is 12.7. The molecule has 6 heteroatoms. The maximum atomic E-state index is 5.79. The van der Waals surface area contributed by atoms with Crippen molar-refractivity contribution in [3.05, 3.63) is 54.0 Å². The van der Waals surface area contributed by atoms with Gasteiger partial charge >= 0.3 is 0 Å². The number of aliphatic imine (C=N–C) groups is 1. The van der Waals surface area contributed by atoms with E-state index in [4.69, 9.17) is 18.9 Å². The average Bonchev–Trinajstić information content (AvgIpc) is 3.22. The summed E-state index contributed by atoms with van der Waals surface area (Å²) >= 11 is 0. The molecule has 1 saturated heterocycles. The molecule has 1 aromatic carbocycles. The van der Waals surface area contributed by atoms with Gasteiger partial charge in [0, 0.05) is 44.2 Å². The van der Waals surface area contributed by atoms with Gasteiger partial charge in [-0.05, 0) is 31.0 Å². The highest BCUT2D eigenvalue weighted by molar-refractivity contribution is 5.80. The molecule has 1 fully saturated rings. The van der Waals surface area contributed by atoms with Crippen LogP contribution in [0.5, 0.6) is 5.75 Å². The van der Waals surface area contributed by atoms with Crippen LogP contribution in [0, 0.1) is 0 Å². The van der Waals surface area contributed by atoms with Crippen molar-refractivity contribution in [2.24, 2.45) is 4.99 Å². The predicted molar refractivity (Wildman–Crippen MR) is 104 cm³/mol. The number of benzene rings is 1. The van der Waals surface area contributed by atoms with Gasteiger partial charge < -0.3 is 24.5 Å². The number of fused-ring (bicyclic) bond motifs is 1. The Morgan fingerprint density at radius 2 is 1.89 bits per heavy atom. The molecule has 2 aromatic rings. The molecule has 0 bridgehead atoms. The van der Waals surface area contributed by atoms with Crippen LogP contribution in [-0.4, -0.2) is 38.4 Å². The third-order valence-corrected chi connectivity index (χ3v) is 5.04. The van der Waals surface area contributed by atoms with Crippen LogP contribution in [0.4, 0.5) is 0 Å². The minimum Gasteiger partial charge on any atom is -0.493 e. The lowest BCUT2D eigenvalue weighted by molar-refractivity contribution is 0.0821. The summed E-state index contributed by atoms with van der Waals surface area (Å²) in [6.07, 6.45) is 5.42. The number of rotatable bonds is 5. The lowest BCUT2D eigenvalue weighted by Gasteiger charge is -2.30. The molecule has 3 heterocycles. The molecule has 144 valence electrons. The van der Waals surface area contributed by atoms with E-state index >= 15 is 0 Å². The molecule has 0 radical (unpaired) electrons. The molecule has 1 aromatic heterocycles. The smallest absolute Gasteiger partial charge is 0.191 e. The molecule has 0 spiro atoms. The maximum absolute atomic E-state index is 5.79. The van der Waals surface area contributed by atoms with E-state index in [1.165, 1.54) is 5.56 Å². The Balaban J connectivity index is 1.45. The van der Waals surface area contributed by atoms with Crippen LogP contribution in [-0.2, 0) is 11.2 Å². The Kier molecular flexibility index (Phi) is 5.94. The fourth-order valence-corrected chi connectivity index (χ4v) is 3.56. The summed E-state index contributed by atoms with van der Waals surface area (Å²) in [4.78, 5) is 4.81. The number of nitrogens with zero attached hydrogens (tertiary/aromatic N) is 1. The molecule has 2 N–H and O–H groups in total. The van der Waals surface area contributed by atoms with Gasteiger partial charge in [-0.2, -0.15) is 0 Å². The zero-order chi connectivity index (χ0) is 18.3. The Morgan fingerprint density at radius 1 is 1.00 bits per heavy atom. The van der Waals surface area contributed by atoms with E-state index in [0.29, 0.717) is 19.2 Å². The summed E-state index contributed by atoms with van der Waals surface area (Å²) in [7, 11) is 0. The van der Waals surface area contributed by atoms with Crippen LogP contribution in [0.1, 0.15) is 36.6 Å². The van der Waals surface area contributed by atoms with Crippen LogP contribution < -0.4 is 15.4 Å². The predicted octanol–water partition coefficient (Wildman–Crippen LogP) is 3.06. The Morgan fingerprint density at radius 3 is 2.74 bits per heavy atom. The van der Waals surface area contributed by atoms with Crippen molar-refractivity contribution < 1.29 is 13.9 Å². The fourth-order valence-electron chi connectivity index (χ4n) is 3.56. The summed E-state index contributed by atoms with van der Waals surface area (Å²) in [6.45, 7) is 3.00. The number of guanidine groups is 1. The molecule has 6 nitrogen and oxygen atoms in total. The highest BCUT2D eigenvalue weighted by Crippen LogP contribution is 2.31. The van der Waals surface area contributed by atoms with Crippen molar-refractivity contribution in [1.29, 1.82) is 0 Å². The molecule has 4 rings (SSSR count). The largest absolute Gasteiger partial charge is 0.493 e. The van der Waals surface area contributed by atoms with Crippen LogP contribution in [0.2, 0.25) is 0 Å². The Bertz CT molecular complexity index is 739. The molecular weight excluding hydrogens is 342 g/mol. The number of para-hydroxylation sites is 1. The molecular formula is C21H27N3O3. The molecule has 0 amide bonds. The minimum atomic E-state index is 0.199. The molecule has 2 aliphatic rings. The van der Waals surface area contributed by atoms with Gasteiger partial charge in [0.25, 0.3) is 0 Å². The summed E-state index contributed by atoms with van der Waals surface area (Å²) in [5.41, 5.74) is 1.19. The van der Waals surface area contributed by atoms with Gasteiger partial charge in [0.2, 0.25) is 0 Å². The minimum absolute atomic E-state index is 0.199. The van der Waals surface area contributed by atoms with Crippen LogP contribution in [0.3, 0.4) is 0 Å². The van der Waals surface area contributed by atoms with E-state index in [-0.39, 0.29) is 6.04 Å². The second-order valence-corrected chi connectivity index (χ2v) is 6.96. The normalized spacial score (nSPS) is 20.6. The van der Waals surface area contributed by atoms with Gasteiger partial charge in [0.15, 0.2) is 5.96 Å². The summed E-state index contributed by atoms with van der Waals surface area (Å²) < 4.78 is 16.7. The van der Waals surface area contributed by atoms with Gasteiger partial charge in [-0.25, -0.2) is 0 Å². The highest BCUT2D eigenvalue weighted by Gasteiger charge is 2.23. The summed E-state index contributed by atoms with van der Waals surface area (Å²) in [5, 5.41) is 7.23. The lowest BCUT2D eigenvalue weighted by Crippen LogP contribution is -2.47. The molecule has 0 aliphatic carbocycles. The van der Waals surface area contributed by atoms with Crippen molar-refractivity contribution in [2.45, 2.75) is 37.8 Å². The van der Waals surface area contributed by atoms with Crippen molar-refractivity contribution in [2.75, 3.05) is 26.4 Å². The van der Waals surface area contributed by atoms with E-state index in [1.807, 2.05) is 24.3 Å². The van der Waals surface area contributed by atoms with E-state index in [9.17, 15) is 0 Å². The van der Waals surface area contributed by atoms with E-state index in [2.05, 4.69) is 22.8 Å². The molecule has 0 saturated carbocycles. The molecule has 1 atom stereocenters. The monoisotopic (exact) mass is 369 g/mol. The van der Waals surface area contributed by atoms with Crippen molar-refractivity contribution in [3.63, 3.8) is 0 Å². The van der Waals surface area contributed by atoms with Gasteiger partial charge in [0.1, 0.15) is 11.5 Å². The highest BCUT2D eigenvalue weighted by atomic mass is 16.5. The quantitative estimate of drug-likeness (QED) is 0.626. The first-order valence-electron chi connectivity index (χ1n) is 9.78. The third kappa shape index (κ3) is 4.83. The molecule has 2 aliphatic heterocycles. The number of ether oxygens (including phenoxy) is 2. The van der Waals surface area contributed by atoms with E-state index in [0.717, 1.165) is 56.4 Å². The van der Waals surface area contributed by atoms with Crippen LogP contribution in [0.15, 0.2) is 52.1 Å². The Hall–Kier alpha value is -2.47. The van der Waals surface area contributed by atoms with Crippen molar-refractivity contribution in [3.8, 4) is 5.75 Å². The second-order valence-electron chi connectivity index (χ2n) is 6.96. The topological polar surface area (TPSA) is 68.0 Å². The first-order valence-corrected chi connectivity index (χ1v) is 9.78. The van der Waals surface area contributed by atoms with Crippen molar-refractivity contribution in [1.82, 2.24) is 10.6 Å². The second kappa shape index (κ2) is 8.95. The lowest BCUT2D eigenvalue weighted by atomic mass is 10.0. The SMILES string of the molecule is c1coc(CCN=C(NC2CCOCC2)NC2CCOc3ccccc32)c1. The number of nitrogens with one attached hydrogen (secondary N) is 2. The number of hydrogen-bond donors (Lipinski definition) is 2. The number of furan rings is 1. The van der Waals surface area contributed by atoms with Gasteiger partial charge in [-0.1, -0.05) is 18.2 Å². The van der Waals surface area contributed by atoms with Gasteiger partial charge in [-0.15, -0.1) is 0 Å². The fraction of sp³-hybridized carbons (Fsp3) is 0.476. The Labute approximate surface area is 160 Å². The zero-order valence-corrected chi connectivity index (χ0v) is 15.5. The van der Waals surface area contributed by atoms with E-state index in [1.54, 1.807) is 6.26 Å². The third-order valence-electron chi connectivity index (χ3n) is 5.04. The zero-order valence-electron chi connectivity index (χ0n) is 15.5. The maximum Gasteiger partial charge on any atom is 0.191 e. The standard InChI is InChI=1S/C21H27N3O3/c1-2-6-20-18(5-1)19(10-15-27-20)24-21(23-16-8-13-25-14-9-16)22-11-7-17-4-3-12-26-17/h1-6,12,16,19H,7-11,13-15H2,(H2,22,23,24). The van der Waals surface area contributed by atoms with Crippen molar-refractivity contribution >= 4 is 5.96 Å². The first-order chi connectivity index (χ1) is 13.4. The number of hydrogen-bond acceptors (Lipinski definition) is 4. The van der Waals surface area contributed by atoms with Gasteiger partial charge in [-0.3, -0.25) is 4.99 Å². The van der Waals surface area contributed by atoms with Gasteiger partial charge in [0.05, 0.1) is 18.9 Å². The molecule has 27 heavy (non-hydrogen) atoms. The first kappa shape index (κ1) is 17.9.